The molecule has 0 aliphatic heterocycles. The van der Waals surface area contributed by atoms with E-state index in [1.807, 2.05) is 0 Å². The zero-order valence-electron chi connectivity index (χ0n) is 3.34. The van der Waals surface area contributed by atoms with Gasteiger partial charge in [-0.3, -0.25) is 0 Å². The molecule has 0 atom stereocenters. The standard InChI is InChI=1S/N2O4S2/c3-7(4)1-2-8(5)6. The minimum atomic E-state index is -2.77. The summed E-state index contributed by atoms with van der Waals surface area (Å²) in [5, 5.41) is 0. The van der Waals surface area contributed by atoms with E-state index in [1.165, 1.54) is 0 Å². The number of rotatable bonds is 1. The second kappa shape index (κ2) is 3.27. The highest BCUT2D eigenvalue weighted by Gasteiger charge is 1.65. The molecule has 0 heterocycles. The molecule has 0 aliphatic rings. The fourth-order valence-electron chi connectivity index (χ4n) is 0.0544. The Hall–Kier alpha value is -0.760. The lowest BCUT2D eigenvalue weighted by Crippen LogP contribution is -1.53. The van der Waals surface area contributed by atoms with Crippen molar-refractivity contribution in [2.75, 3.05) is 0 Å². The van der Waals surface area contributed by atoms with Gasteiger partial charge in [-0.05, 0) is 8.94 Å². The first-order valence-corrected chi connectivity index (χ1v) is 3.30. The Morgan fingerprint density at radius 3 is 1.12 bits per heavy atom. The van der Waals surface area contributed by atoms with E-state index in [1.54, 1.807) is 0 Å². The minimum Gasteiger partial charge on any atom is -0.162 e. The smallest absolute Gasteiger partial charge is 0.162 e. The molecule has 0 rings (SSSR count). The molecule has 46 valence electrons. The highest BCUT2D eigenvalue weighted by atomic mass is 32.2. The van der Waals surface area contributed by atoms with Crippen LogP contribution < -0.4 is 0 Å². The van der Waals surface area contributed by atoms with Crippen LogP contribution in [0, 0.1) is 0 Å². The molecule has 0 amide bonds. The Morgan fingerprint density at radius 1 is 0.750 bits per heavy atom. The highest BCUT2D eigenvalue weighted by molar-refractivity contribution is 7.63. The average Bonchev–Trinajstić information content (AvgIpc) is 1.61. The lowest BCUT2D eigenvalue weighted by molar-refractivity contribution is 0.614. The minimum absolute atomic E-state index is 2.25. The van der Waals surface area contributed by atoms with Gasteiger partial charge in [-0.2, -0.15) is 16.8 Å². The van der Waals surface area contributed by atoms with E-state index >= 15 is 0 Å². The topological polar surface area (TPSA) is 93.0 Å². The van der Waals surface area contributed by atoms with Gasteiger partial charge in [0.25, 0.3) is 0 Å². The van der Waals surface area contributed by atoms with Crippen LogP contribution in [0.3, 0.4) is 0 Å². The van der Waals surface area contributed by atoms with Crippen molar-refractivity contribution in [2.24, 2.45) is 8.94 Å². The lowest BCUT2D eigenvalue weighted by Gasteiger charge is -1.48. The summed E-state index contributed by atoms with van der Waals surface area (Å²) in [6, 6.07) is 0. The number of hydrogen-bond acceptors (Lipinski definition) is 4. The van der Waals surface area contributed by atoms with Crippen LogP contribution in [0.4, 0.5) is 0 Å². The maximum atomic E-state index is 9.37. The molecule has 0 saturated heterocycles. The summed E-state index contributed by atoms with van der Waals surface area (Å²) in [6.07, 6.45) is 0. The maximum absolute atomic E-state index is 9.37. The Morgan fingerprint density at radius 2 is 1.00 bits per heavy atom. The zero-order valence-corrected chi connectivity index (χ0v) is 4.98. The molecular formula is N2O4S2. The third-order valence-corrected chi connectivity index (χ3v) is 0.700. The van der Waals surface area contributed by atoms with E-state index in [2.05, 4.69) is 8.94 Å². The molecule has 6 nitrogen and oxygen atoms in total. The Balaban J connectivity index is 4.71. The van der Waals surface area contributed by atoms with Crippen LogP contribution in [0.5, 0.6) is 0 Å². The SMILES string of the molecule is O=S(=O)=NN=S(=O)=O. The predicted octanol–water partition coefficient (Wildman–Crippen LogP) is -0.973. The zero-order chi connectivity index (χ0) is 6.57. The van der Waals surface area contributed by atoms with Crippen molar-refractivity contribution >= 4 is 21.0 Å². The van der Waals surface area contributed by atoms with Crippen LogP contribution in [0.1, 0.15) is 0 Å². The fourth-order valence-corrected chi connectivity index (χ4v) is 0.490. The molecule has 8 heteroatoms. The second-order valence-corrected chi connectivity index (χ2v) is 1.79. The van der Waals surface area contributed by atoms with Gasteiger partial charge in [-0.15, -0.1) is 0 Å². The summed E-state index contributed by atoms with van der Waals surface area (Å²) in [6.45, 7) is 0. The van der Waals surface area contributed by atoms with Gasteiger partial charge in [0.15, 0.2) is 0 Å². The van der Waals surface area contributed by atoms with Crippen LogP contribution in [0.2, 0.25) is 0 Å². The first kappa shape index (κ1) is 7.24. The molecule has 0 aromatic rings. The van der Waals surface area contributed by atoms with Crippen molar-refractivity contribution in [2.45, 2.75) is 0 Å². The summed E-state index contributed by atoms with van der Waals surface area (Å²) in [4.78, 5) is 0. The van der Waals surface area contributed by atoms with E-state index in [0.29, 0.717) is 0 Å². The van der Waals surface area contributed by atoms with Crippen molar-refractivity contribution in [3.05, 3.63) is 0 Å². The Bertz CT molecular complexity index is 252. The predicted molar refractivity (Wildman–Crippen MR) is 22.7 cm³/mol. The Kier molecular flexibility index (Phi) is 2.96. The van der Waals surface area contributed by atoms with Crippen LogP contribution in [0.15, 0.2) is 8.94 Å². The van der Waals surface area contributed by atoms with Crippen LogP contribution >= 0.6 is 0 Å². The summed E-state index contributed by atoms with van der Waals surface area (Å²) in [7, 11) is -5.54. The lowest BCUT2D eigenvalue weighted by atomic mass is 13.0. The van der Waals surface area contributed by atoms with Crippen molar-refractivity contribution in [3.8, 4) is 0 Å². The summed E-state index contributed by atoms with van der Waals surface area (Å²) >= 11 is 0. The maximum Gasteiger partial charge on any atom is 0.335 e. The molecule has 0 unspecified atom stereocenters. The van der Waals surface area contributed by atoms with E-state index < -0.39 is 21.0 Å². The second-order valence-electron chi connectivity index (χ2n) is 0.598. The van der Waals surface area contributed by atoms with Gasteiger partial charge < -0.3 is 0 Å². The van der Waals surface area contributed by atoms with Gasteiger partial charge in [0.05, 0.1) is 0 Å². The fraction of sp³-hybridized carbons (Fsp3) is 0. The van der Waals surface area contributed by atoms with Crippen LogP contribution in [0.25, 0.3) is 0 Å². The molecule has 8 heavy (non-hydrogen) atoms. The number of hydrogen-bond donors (Lipinski definition) is 0. The largest absolute Gasteiger partial charge is 0.335 e. The van der Waals surface area contributed by atoms with E-state index in [0.717, 1.165) is 0 Å². The van der Waals surface area contributed by atoms with Gasteiger partial charge in [0, 0.05) is 0 Å². The normalized spacial score (nSPS) is 7.50. The first-order chi connectivity index (χ1) is 3.63. The molecule has 0 fully saturated rings. The molecule has 0 N–H and O–H groups in total. The summed E-state index contributed by atoms with van der Waals surface area (Å²) < 4.78 is 42.0. The van der Waals surface area contributed by atoms with Crippen molar-refractivity contribution in [3.63, 3.8) is 0 Å². The molecule has 0 aliphatic carbocycles. The van der Waals surface area contributed by atoms with Gasteiger partial charge in [0.2, 0.25) is 0 Å². The van der Waals surface area contributed by atoms with Gasteiger partial charge in [0.1, 0.15) is 0 Å². The first-order valence-electron chi connectivity index (χ1n) is 1.23. The quantitative estimate of drug-likeness (QED) is 0.456. The van der Waals surface area contributed by atoms with Crippen molar-refractivity contribution in [1.29, 1.82) is 0 Å². The average molecular weight is 156 g/mol. The molecule has 0 aromatic carbocycles. The van der Waals surface area contributed by atoms with E-state index in [4.69, 9.17) is 0 Å². The third-order valence-electron chi connectivity index (χ3n) is 0.167. The van der Waals surface area contributed by atoms with Gasteiger partial charge in [-0.25, -0.2) is 0 Å². The van der Waals surface area contributed by atoms with Gasteiger partial charge >= 0.3 is 21.0 Å². The third kappa shape index (κ3) is 5.24. The monoisotopic (exact) mass is 156 g/mol. The van der Waals surface area contributed by atoms with Crippen molar-refractivity contribution in [1.82, 2.24) is 0 Å². The summed E-state index contributed by atoms with van der Waals surface area (Å²) in [5.74, 6) is 0. The number of nitrogens with zero attached hydrogens (tertiary/aromatic N) is 2. The van der Waals surface area contributed by atoms with E-state index in [-0.39, 0.29) is 0 Å². The van der Waals surface area contributed by atoms with E-state index in [9.17, 15) is 16.8 Å². The molecule has 0 saturated carbocycles. The highest BCUT2D eigenvalue weighted by Crippen LogP contribution is 1.63. The molecular weight excluding hydrogens is 156 g/mol. The summed E-state index contributed by atoms with van der Waals surface area (Å²) in [5.41, 5.74) is 0. The van der Waals surface area contributed by atoms with Crippen LogP contribution in [-0.2, 0) is 21.0 Å². The molecule has 0 radical (unpaired) electrons. The van der Waals surface area contributed by atoms with Gasteiger partial charge in [-0.1, -0.05) is 0 Å². The molecule has 0 aromatic heterocycles. The molecule has 0 spiro atoms. The Labute approximate surface area is 47.5 Å². The van der Waals surface area contributed by atoms with Crippen molar-refractivity contribution < 1.29 is 16.8 Å². The molecule has 0 bridgehead atoms. The van der Waals surface area contributed by atoms with Crippen LogP contribution in [-0.4, -0.2) is 16.8 Å².